The van der Waals surface area contributed by atoms with Crippen molar-refractivity contribution in [2.75, 3.05) is 13.7 Å². The normalized spacial score (nSPS) is 11.0. The summed E-state index contributed by atoms with van der Waals surface area (Å²) in [5.74, 6) is 1.43. The molecule has 0 saturated heterocycles. The molecule has 2 aromatic rings. The van der Waals surface area contributed by atoms with E-state index >= 15 is 0 Å². The van der Waals surface area contributed by atoms with Gasteiger partial charge in [-0.1, -0.05) is 26.0 Å². The van der Waals surface area contributed by atoms with Gasteiger partial charge in [0, 0.05) is 12.5 Å². The average molecular weight is 413 g/mol. The molecule has 0 N–H and O–H groups in total. The molecule has 0 atom stereocenters. The highest BCUT2D eigenvalue weighted by Gasteiger charge is 2.11. The monoisotopic (exact) mass is 413 g/mol. The van der Waals surface area contributed by atoms with Crippen LogP contribution in [0.1, 0.15) is 49.3 Å². The van der Waals surface area contributed by atoms with Crippen LogP contribution >= 0.6 is 0 Å². The van der Waals surface area contributed by atoms with E-state index in [1.807, 2.05) is 12.1 Å². The molecule has 0 radical (unpaired) electrons. The van der Waals surface area contributed by atoms with Crippen LogP contribution in [0.2, 0.25) is 0 Å². The summed E-state index contributed by atoms with van der Waals surface area (Å²) in [6.45, 7) is 6.77. The molecule has 0 spiro atoms. The molecule has 0 bridgehead atoms. The predicted octanol–water partition coefficient (Wildman–Crippen LogP) is 5.14. The van der Waals surface area contributed by atoms with Gasteiger partial charge in [-0.05, 0) is 60.2 Å². The number of ether oxygens (including phenoxy) is 3. The summed E-state index contributed by atoms with van der Waals surface area (Å²) in [6, 6.07) is 10.7. The molecular weight excluding hydrogens is 386 g/mol. The van der Waals surface area contributed by atoms with Crippen LogP contribution in [0.15, 0.2) is 42.6 Å². The van der Waals surface area contributed by atoms with Gasteiger partial charge in [-0.25, -0.2) is 0 Å². The summed E-state index contributed by atoms with van der Waals surface area (Å²) >= 11 is 0. The van der Waals surface area contributed by atoms with Gasteiger partial charge in [0.2, 0.25) is 6.20 Å². The van der Waals surface area contributed by atoms with Crippen molar-refractivity contribution < 1.29 is 23.9 Å². The van der Waals surface area contributed by atoms with E-state index in [1.54, 1.807) is 18.2 Å². The zero-order valence-electron chi connectivity index (χ0n) is 17.7. The molecular formula is C23H27NO6. The van der Waals surface area contributed by atoms with Gasteiger partial charge in [0.25, 0.3) is 0 Å². The maximum Gasteiger partial charge on any atom is 0.311 e. The Kier molecular flexibility index (Phi) is 8.41. The van der Waals surface area contributed by atoms with E-state index < -0.39 is 10.9 Å². The van der Waals surface area contributed by atoms with E-state index in [2.05, 4.69) is 26.8 Å². The zero-order valence-corrected chi connectivity index (χ0v) is 17.7. The van der Waals surface area contributed by atoms with Gasteiger partial charge in [-0.3, -0.25) is 14.9 Å². The second-order valence-electron chi connectivity index (χ2n) is 7.11. The zero-order chi connectivity index (χ0) is 22.1. The lowest BCUT2D eigenvalue weighted by Crippen LogP contribution is -2.10. The van der Waals surface area contributed by atoms with Gasteiger partial charge in [-0.15, -0.1) is 0 Å². The van der Waals surface area contributed by atoms with E-state index in [1.165, 1.54) is 24.3 Å². The number of esters is 1. The molecule has 0 aliphatic carbocycles. The number of rotatable bonds is 10. The molecule has 7 heteroatoms. The number of nitrogens with zero attached hydrogens (tertiary/aromatic N) is 1. The molecule has 0 aliphatic rings. The third-order valence-corrected chi connectivity index (χ3v) is 4.46. The number of carbonyl (C=O) groups is 1. The average Bonchev–Trinajstić information content (AvgIpc) is 2.70. The first kappa shape index (κ1) is 22.9. The standard InChI is InChI=1S/C23H27NO6/c1-16(2)20-9-8-19(14-17(20)3)29-13-5-6-23(25)30-21-10-7-18(11-12-24(26)27)15-22(21)28-4/h7-12,14-16H,5-6,13H2,1-4H3/b12-11+. The molecule has 160 valence electrons. The number of hydrogen-bond donors (Lipinski definition) is 0. The summed E-state index contributed by atoms with van der Waals surface area (Å²) < 4.78 is 16.3. The van der Waals surface area contributed by atoms with Crippen molar-refractivity contribution in [3.63, 3.8) is 0 Å². The first-order chi connectivity index (χ1) is 14.3. The van der Waals surface area contributed by atoms with Gasteiger partial charge < -0.3 is 14.2 Å². The minimum atomic E-state index is -0.553. The Hall–Kier alpha value is -3.35. The van der Waals surface area contributed by atoms with Crippen LogP contribution in [-0.4, -0.2) is 24.6 Å². The Balaban J connectivity index is 1.84. The quantitative estimate of drug-likeness (QED) is 0.176. The van der Waals surface area contributed by atoms with Crippen LogP contribution < -0.4 is 14.2 Å². The Morgan fingerprint density at radius 2 is 1.93 bits per heavy atom. The second kappa shape index (κ2) is 11.0. The fourth-order valence-corrected chi connectivity index (χ4v) is 2.99. The second-order valence-corrected chi connectivity index (χ2v) is 7.11. The van der Waals surface area contributed by atoms with Gasteiger partial charge in [-0.2, -0.15) is 0 Å². The lowest BCUT2D eigenvalue weighted by molar-refractivity contribution is -0.400. The van der Waals surface area contributed by atoms with Crippen LogP contribution in [0.5, 0.6) is 17.2 Å². The van der Waals surface area contributed by atoms with E-state index in [4.69, 9.17) is 14.2 Å². The Labute approximate surface area is 176 Å². The highest BCUT2D eigenvalue weighted by molar-refractivity contribution is 5.73. The Morgan fingerprint density at radius 3 is 2.57 bits per heavy atom. The summed E-state index contributed by atoms with van der Waals surface area (Å²) in [4.78, 5) is 22.0. The van der Waals surface area contributed by atoms with Crippen molar-refractivity contribution in [2.45, 2.75) is 39.5 Å². The van der Waals surface area contributed by atoms with Gasteiger partial charge in [0.05, 0.1) is 18.6 Å². The number of benzene rings is 2. The Morgan fingerprint density at radius 1 is 1.17 bits per heavy atom. The molecule has 0 unspecified atom stereocenters. The number of hydrogen-bond acceptors (Lipinski definition) is 6. The molecule has 0 heterocycles. The van der Waals surface area contributed by atoms with Gasteiger partial charge in [0.15, 0.2) is 11.5 Å². The number of carbonyl (C=O) groups excluding carboxylic acids is 1. The third-order valence-electron chi connectivity index (χ3n) is 4.46. The van der Waals surface area contributed by atoms with Crippen molar-refractivity contribution >= 4 is 12.0 Å². The molecule has 30 heavy (non-hydrogen) atoms. The molecule has 2 aromatic carbocycles. The topological polar surface area (TPSA) is 87.9 Å². The highest BCUT2D eigenvalue weighted by atomic mass is 16.6. The maximum absolute atomic E-state index is 12.1. The minimum absolute atomic E-state index is 0.190. The summed E-state index contributed by atoms with van der Waals surface area (Å²) in [5.41, 5.74) is 3.04. The summed E-state index contributed by atoms with van der Waals surface area (Å²) in [6.07, 6.45) is 2.87. The number of aryl methyl sites for hydroxylation is 1. The van der Waals surface area contributed by atoms with Crippen molar-refractivity contribution in [3.05, 3.63) is 69.4 Å². The lowest BCUT2D eigenvalue weighted by atomic mass is 9.98. The fourth-order valence-electron chi connectivity index (χ4n) is 2.99. The smallest absolute Gasteiger partial charge is 0.311 e. The van der Waals surface area contributed by atoms with Crippen molar-refractivity contribution in [1.29, 1.82) is 0 Å². The first-order valence-electron chi connectivity index (χ1n) is 9.74. The molecule has 7 nitrogen and oxygen atoms in total. The molecule has 0 saturated carbocycles. The fraction of sp³-hybridized carbons (Fsp3) is 0.348. The van der Waals surface area contributed by atoms with Crippen LogP contribution in [0.25, 0.3) is 6.08 Å². The van der Waals surface area contributed by atoms with Gasteiger partial charge in [0.1, 0.15) is 5.75 Å². The van der Waals surface area contributed by atoms with E-state index in [9.17, 15) is 14.9 Å². The molecule has 2 rings (SSSR count). The van der Waals surface area contributed by atoms with E-state index in [0.29, 0.717) is 30.3 Å². The largest absolute Gasteiger partial charge is 0.494 e. The lowest BCUT2D eigenvalue weighted by Gasteiger charge is -2.12. The molecule has 0 amide bonds. The van der Waals surface area contributed by atoms with Crippen LogP contribution in [-0.2, 0) is 4.79 Å². The molecule has 0 aliphatic heterocycles. The van der Waals surface area contributed by atoms with Crippen LogP contribution in [0.4, 0.5) is 0 Å². The van der Waals surface area contributed by atoms with Crippen LogP contribution in [0.3, 0.4) is 0 Å². The van der Waals surface area contributed by atoms with E-state index in [-0.39, 0.29) is 12.2 Å². The third kappa shape index (κ3) is 6.92. The van der Waals surface area contributed by atoms with E-state index in [0.717, 1.165) is 11.9 Å². The summed E-state index contributed by atoms with van der Waals surface area (Å²) in [7, 11) is 1.44. The maximum atomic E-state index is 12.1. The number of nitro groups is 1. The molecule has 0 fully saturated rings. The van der Waals surface area contributed by atoms with Gasteiger partial charge >= 0.3 is 5.97 Å². The molecule has 0 aromatic heterocycles. The van der Waals surface area contributed by atoms with Crippen molar-refractivity contribution in [1.82, 2.24) is 0 Å². The Bertz CT molecular complexity index is 920. The van der Waals surface area contributed by atoms with Crippen LogP contribution in [0, 0.1) is 17.0 Å². The first-order valence-corrected chi connectivity index (χ1v) is 9.74. The SMILES string of the molecule is COc1cc(/C=C/[N+](=O)[O-])ccc1OC(=O)CCCOc1ccc(C(C)C)c(C)c1. The predicted molar refractivity (Wildman–Crippen MR) is 115 cm³/mol. The van der Waals surface area contributed by atoms with Crippen molar-refractivity contribution in [2.24, 2.45) is 0 Å². The highest BCUT2D eigenvalue weighted by Crippen LogP contribution is 2.29. The summed E-state index contributed by atoms with van der Waals surface area (Å²) in [5, 5.41) is 10.4. The minimum Gasteiger partial charge on any atom is -0.494 e. The van der Waals surface area contributed by atoms with Crippen molar-refractivity contribution in [3.8, 4) is 17.2 Å². The number of methoxy groups -OCH3 is 1.